The van der Waals surface area contributed by atoms with Gasteiger partial charge < -0.3 is 14.4 Å². The van der Waals surface area contributed by atoms with Crippen LogP contribution >= 0.6 is 24.0 Å². The zero-order valence-corrected chi connectivity index (χ0v) is 19.1. The van der Waals surface area contributed by atoms with Gasteiger partial charge in [-0.3, -0.25) is 9.69 Å². The number of rotatable bonds is 4. The van der Waals surface area contributed by atoms with E-state index < -0.39 is 0 Å². The Hall–Kier alpha value is -1.95. The van der Waals surface area contributed by atoms with E-state index in [2.05, 4.69) is 21.9 Å². The highest BCUT2D eigenvalue weighted by molar-refractivity contribution is 6.30. The van der Waals surface area contributed by atoms with Crippen molar-refractivity contribution in [1.29, 1.82) is 0 Å². The molecule has 0 atom stereocenters. The topological polar surface area (TPSA) is 42.0 Å². The molecule has 0 aromatic heterocycles. The quantitative estimate of drug-likeness (QED) is 0.662. The summed E-state index contributed by atoms with van der Waals surface area (Å²) in [5.74, 6) is 1.94. The van der Waals surface area contributed by atoms with Crippen molar-refractivity contribution >= 4 is 29.9 Å². The second kappa shape index (κ2) is 9.27. The Morgan fingerprint density at radius 2 is 1.61 bits per heavy atom. The van der Waals surface area contributed by atoms with Crippen LogP contribution in [-0.2, 0) is 16.8 Å². The Kier molecular flexibility index (Phi) is 6.65. The first-order valence-electron chi connectivity index (χ1n) is 10.8. The number of hydrogen-bond donors (Lipinski definition) is 0. The molecule has 2 fully saturated rings. The van der Waals surface area contributed by atoms with E-state index in [9.17, 15) is 4.79 Å². The molecule has 0 radical (unpaired) electrons. The van der Waals surface area contributed by atoms with Crippen LogP contribution in [0.4, 0.5) is 0 Å². The van der Waals surface area contributed by atoms with Gasteiger partial charge >= 0.3 is 0 Å². The Labute approximate surface area is 194 Å². The summed E-state index contributed by atoms with van der Waals surface area (Å²) >= 11 is 6.09. The zero-order chi connectivity index (χ0) is 20.6. The van der Waals surface area contributed by atoms with Crippen LogP contribution in [0.15, 0.2) is 42.5 Å². The van der Waals surface area contributed by atoms with E-state index in [0.29, 0.717) is 12.7 Å². The van der Waals surface area contributed by atoms with Gasteiger partial charge in [0.15, 0.2) is 11.5 Å². The van der Waals surface area contributed by atoms with Gasteiger partial charge in [-0.15, -0.1) is 12.4 Å². The molecule has 2 aromatic rings. The lowest BCUT2D eigenvalue weighted by molar-refractivity contribution is -0.139. The summed E-state index contributed by atoms with van der Waals surface area (Å²) < 4.78 is 10.9. The summed E-state index contributed by atoms with van der Waals surface area (Å²) in [7, 11) is 0. The normalized spacial score (nSPS) is 19.8. The van der Waals surface area contributed by atoms with Crippen LogP contribution in [0.2, 0.25) is 5.02 Å². The van der Waals surface area contributed by atoms with Crippen molar-refractivity contribution in [3.8, 4) is 11.5 Å². The molecule has 166 valence electrons. The molecular formula is C24H28Cl2N2O3. The lowest BCUT2D eigenvalue weighted by Crippen LogP contribution is -2.53. The average Bonchev–Trinajstić information content (AvgIpc) is 3.44. The number of benzene rings is 2. The van der Waals surface area contributed by atoms with Crippen LogP contribution in [0.1, 0.15) is 36.8 Å². The van der Waals surface area contributed by atoms with Gasteiger partial charge in [-0.1, -0.05) is 42.6 Å². The van der Waals surface area contributed by atoms with E-state index >= 15 is 0 Å². The van der Waals surface area contributed by atoms with Crippen molar-refractivity contribution < 1.29 is 14.3 Å². The summed E-state index contributed by atoms with van der Waals surface area (Å²) in [4.78, 5) is 18.1. The maximum atomic E-state index is 13.6. The molecule has 3 aliphatic rings. The van der Waals surface area contributed by atoms with Gasteiger partial charge in [-0.25, -0.2) is 0 Å². The minimum atomic E-state index is -0.371. The van der Waals surface area contributed by atoms with Crippen molar-refractivity contribution in [3.05, 3.63) is 58.6 Å². The number of amides is 1. The molecule has 1 saturated heterocycles. The lowest BCUT2D eigenvalue weighted by atomic mass is 9.77. The summed E-state index contributed by atoms with van der Waals surface area (Å²) in [6.07, 6.45) is 4.09. The standard InChI is InChI=1S/C24H27ClN2O3.ClH/c25-20-6-4-19(5-7-20)24(9-1-2-10-24)23(28)27-13-11-26(12-14-27)16-18-3-8-21-22(15-18)30-17-29-21;/h3-8,15H,1-2,9-14,16-17H2;1H. The summed E-state index contributed by atoms with van der Waals surface area (Å²) in [5.41, 5.74) is 1.97. The number of halogens is 2. The molecule has 2 heterocycles. The third kappa shape index (κ3) is 4.36. The van der Waals surface area contributed by atoms with Gasteiger partial charge in [0.25, 0.3) is 0 Å². The summed E-state index contributed by atoms with van der Waals surface area (Å²) in [6.45, 7) is 4.49. The van der Waals surface area contributed by atoms with Gasteiger partial charge in [0.2, 0.25) is 12.7 Å². The van der Waals surface area contributed by atoms with Crippen LogP contribution < -0.4 is 9.47 Å². The van der Waals surface area contributed by atoms with Crippen LogP contribution in [0.3, 0.4) is 0 Å². The largest absolute Gasteiger partial charge is 0.454 e. The first kappa shape index (κ1) is 22.3. The Balaban J connectivity index is 0.00000231. The van der Waals surface area contributed by atoms with Gasteiger partial charge in [-0.05, 0) is 48.2 Å². The first-order valence-corrected chi connectivity index (χ1v) is 11.2. The fraction of sp³-hybridized carbons (Fsp3) is 0.458. The molecule has 1 aliphatic carbocycles. The van der Waals surface area contributed by atoms with Crippen molar-refractivity contribution in [2.45, 2.75) is 37.6 Å². The molecule has 5 nitrogen and oxygen atoms in total. The molecule has 1 saturated carbocycles. The number of carbonyl (C=O) groups is 1. The van der Waals surface area contributed by atoms with Crippen molar-refractivity contribution in [2.75, 3.05) is 33.0 Å². The maximum Gasteiger partial charge on any atom is 0.233 e. The molecule has 31 heavy (non-hydrogen) atoms. The summed E-state index contributed by atoms with van der Waals surface area (Å²) in [5, 5.41) is 0.719. The summed E-state index contributed by atoms with van der Waals surface area (Å²) in [6, 6.07) is 14.0. The van der Waals surface area contributed by atoms with Gasteiger partial charge in [-0.2, -0.15) is 0 Å². The Morgan fingerprint density at radius 3 is 2.32 bits per heavy atom. The maximum absolute atomic E-state index is 13.6. The van der Waals surface area contributed by atoms with E-state index in [0.717, 1.165) is 80.5 Å². The third-order valence-corrected chi connectivity index (χ3v) is 7.02. The predicted octanol–water partition coefficient (Wildman–Crippen LogP) is 4.65. The molecule has 2 aromatic carbocycles. The fourth-order valence-electron chi connectivity index (χ4n) is 5.08. The molecule has 1 amide bonds. The Bertz CT molecular complexity index is 921. The van der Waals surface area contributed by atoms with E-state index in [1.165, 1.54) is 5.56 Å². The van der Waals surface area contributed by atoms with Crippen molar-refractivity contribution in [2.24, 2.45) is 0 Å². The third-order valence-electron chi connectivity index (χ3n) is 6.77. The minimum Gasteiger partial charge on any atom is -0.454 e. The van der Waals surface area contributed by atoms with Crippen molar-refractivity contribution in [3.63, 3.8) is 0 Å². The van der Waals surface area contributed by atoms with Gasteiger partial charge in [0, 0.05) is 37.7 Å². The molecule has 0 unspecified atom stereocenters. The van der Waals surface area contributed by atoms with Crippen molar-refractivity contribution in [1.82, 2.24) is 9.80 Å². The lowest BCUT2D eigenvalue weighted by Gasteiger charge is -2.40. The molecule has 0 bridgehead atoms. The second-order valence-corrected chi connectivity index (χ2v) is 8.99. The van der Waals surface area contributed by atoms with E-state index in [1.807, 2.05) is 30.3 Å². The molecule has 7 heteroatoms. The Morgan fingerprint density at radius 1 is 0.935 bits per heavy atom. The number of nitrogens with zero attached hydrogens (tertiary/aromatic N) is 2. The number of ether oxygens (including phenoxy) is 2. The van der Waals surface area contributed by atoms with Crippen LogP contribution in [0.25, 0.3) is 0 Å². The SMILES string of the molecule is Cl.O=C(N1CCN(Cc2ccc3c(c2)OCO3)CC1)C1(c2ccc(Cl)cc2)CCCC1. The van der Waals surface area contributed by atoms with E-state index in [1.54, 1.807) is 0 Å². The smallest absolute Gasteiger partial charge is 0.233 e. The van der Waals surface area contributed by atoms with Gasteiger partial charge in [0.1, 0.15) is 0 Å². The molecule has 0 N–H and O–H groups in total. The minimum absolute atomic E-state index is 0. The molecule has 2 aliphatic heterocycles. The average molecular weight is 463 g/mol. The fourth-order valence-corrected chi connectivity index (χ4v) is 5.21. The zero-order valence-electron chi connectivity index (χ0n) is 17.5. The van der Waals surface area contributed by atoms with Crippen LogP contribution in [0, 0.1) is 0 Å². The monoisotopic (exact) mass is 462 g/mol. The molecule has 0 spiro atoms. The predicted molar refractivity (Wildman–Crippen MR) is 123 cm³/mol. The highest BCUT2D eigenvalue weighted by Crippen LogP contribution is 2.43. The van der Waals surface area contributed by atoms with Crippen LogP contribution in [-0.4, -0.2) is 48.7 Å². The highest BCUT2D eigenvalue weighted by atomic mass is 35.5. The highest BCUT2D eigenvalue weighted by Gasteiger charge is 2.45. The molecule has 5 rings (SSSR count). The number of piperazine rings is 1. The first-order chi connectivity index (χ1) is 14.6. The molecular weight excluding hydrogens is 435 g/mol. The van der Waals surface area contributed by atoms with E-state index in [4.69, 9.17) is 21.1 Å². The van der Waals surface area contributed by atoms with E-state index in [-0.39, 0.29) is 17.8 Å². The van der Waals surface area contributed by atoms with Crippen LogP contribution in [0.5, 0.6) is 11.5 Å². The second-order valence-electron chi connectivity index (χ2n) is 8.55. The number of fused-ring (bicyclic) bond motifs is 1. The number of carbonyl (C=O) groups excluding carboxylic acids is 1. The number of hydrogen-bond acceptors (Lipinski definition) is 4. The van der Waals surface area contributed by atoms with Gasteiger partial charge in [0.05, 0.1) is 5.41 Å².